The van der Waals surface area contributed by atoms with E-state index in [1.54, 1.807) is 13.8 Å². The zero-order valence-corrected chi connectivity index (χ0v) is 9.51. The Labute approximate surface area is 97.7 Å². The fourth-order valence-corrected chi connectivity index (χ4v) is 2.62. The highest BCUT2D eigenvalue weighted by Gasteiger charge is 2.67. The quantitative estimate of drug-likeness (QED) is 0.602. The van der Waals surface area contributed by atoms with Crippen molar-refractivity contribution in [3.63, 3.8) is 0 Å². The van der Waals surface area contributed by atoms with Crippen LogP contribution < -0.4 is 10.6 Å². The van der Waals surface area contributed by atoms with Crippen LogP contribution in [0.5, 0.6) is 0 Å². The van der Waals surface area contributed by atoms with Gasteiger partial charge in [0, 0.05) is 5.41 Å². The van der Waals surface area contributed by atoms with Crippen LogP contribution >= 0.6 is 11.6 Å². The van der Waals surface area contributed by atoms with E-state index in [0.717, 1.165) is 0 Å². The first-order valence-corrected chi connectivity index (χ1v) is 5.08. The molecule has 2 aliphatic rings. The van der Waals surface area contributed by atoms with Gasteiger partial charge in [-0.15, -0.1) is 0 Å². The van der Waals surface area contributed by atoms with Crippen molar-refractivity contribution in [3.8, 4) is 12.1 Å². The minimum absolute atomic E-state index is 0.00656. The summed E-state index contributed by atoms with van der Waals surface area (Å²) in [6.45, 7) is 3.51. The summed E-state index contributed by atoms with van der Waals surface area (Å²) < 4.78 is 0. The first kappa shape index (κ1) is 10.8. The van der Waals surface area contributed by atoms with Crippen LogP contribution in [0.3, 0.4) is 0 Å². The normalized spacial score (nSPS) is 34.8. The molecule has 0 saturated carbocycles. The summed E-state index contributed by atoms with van der Waals surface area (Å²) >= 11 is 5.88. The van der Waals surface area contributed by atoms with Crippen LogP contribution in [-0.4, -0.2) is 12.1 Å². The zero-order valence-electron chi connectivity index (χ0n) is 8.76. The van der Waals surface area contributed by atoms with Crippen molar-refractivity contribution in [2.24, 2.45) is 10.8 Å². The second-order valence-electron chi connectivity index (χ2n) is 4.44. The number of hydrogen-bond donors (Lipinski definition) is 2. The van der Waals surface area contributed by atoms with E-state index in [2.05, 4.69) is 10.6 Å². The number of rotatable bonds is 0. The molecule has 2 aliphatic heterocycles. The Morgan fingerprint density at radius 3 is 2.50 bits per heavy atom. The molecule has 0 radical (unpaired) electrons. The fourth-order valence-electron chi connectivity index (χ4n) is 2.33. The molecular formula is C10H9ClN4O. The lowest BCUT2D eigenvalue weighted by Crippen LogP contribution is -2.52. The fraction of sp³-hybridized carbons (Fsp3) is 0.500. The van der Waals surface area contributed by atoms with Crippen LogP contribution in [0.1, 0.15) is 13.8 Å². The predicted molar refractivity (Wildman–Crippen MR) is 55.4 cm³/mol. The average molecular weight is 237 g/mol. The van der Waals surface area contributed by atoms with E-state index in [1.165, 1.54) is 0 Å². The van der Waals surface area contributed by atoms with Gasteiger partial charge in [0.15, 0.2) is 5.41 Å². The van der Waals surface area contributed by atoms with Gasteiger partial charge in [0.2, 0.25) is 5.91 Å². The second kappa shape index (κ2) is 2.90. The van der Waals surface area contributed by atoms with Crippen molar-refractivity contribution in [3.05, 3.63) is 10.7 Å². The molecule has 5 nitrogen and oxygen atoms in total. The minimum atomic E-state index is -1.49. The standard InChI is InChI=1S/C10H9ClN4O/c1-9(2)7-14-6(11)5(3-12)10(9,4-13)8(16)15-7/h7,14H,1-2H3,(H,15,16). The van der Waals surface area contributed by atoms with Gasteiger partial charge >= 0.3 is 0 Å². The highest BCUT2D eigenvalue weighted by Crippen LogP contribution is 2.54. The number of nitrogens with zero attached hydrogens (tertiary/aromatic N) is 2. The Morgan fingerprint density at radius 2 is 2.00 bits per heavy atom. The number of amides is 1. The lowest BCUT2D eigenvalue weighted by Gasteiger charge is -2.40. The second-order valence-corrected chi connectivity index (χ2v) is 4.81. The van der Waals surface area contributed by atoms with Gasteiger partial charge in [0.05, 0.1) is 11.6 Å². The SMILES string of the molecule is CC1(C)C2NC(=O)C1(C#N)C(C#N)=C(Cl)N2. The van der Waals surface area contributed by atoms with Crippen molar-refractivity contribution < 1.29 is 4.79 Å². The number of hydrogen-bond acceptors (Lipinski definition) is 4. The van der Waals surface area contributed by atoms with Gasteiger partial charge in [-0.3, -0.25) is 4.79 Å². The molecule has 1 fully saturated rings. The van der Waals surface area contributed by atoms with Crippen molar-refractivity contribution in [1.82, 2.24) is 10.6 Å². The summed E-state index contributed by atoms with van der Waals surface area (Å²) in [5.74, 6) is -0.468. The first-order chi connectivity index (χ1) is 7.41. The molecule has 2 bridgehead atoms. The third-order valence-electron chi connectivity index (χ3n) is 3.45. The molecule has 82 valence electrons. The topological polar surface area (TPSA) is 88.7 Å². The van der Waals surface area contributed by atoms with Crippen molar-refractivity contribution in [2.75, 3.05) is 0 Å². The van der Waals surface area contributed by atoms with Crippen LogP contribution in [-0.2, 0) is 4.79 Å². The van der Waals surface area contributed by atoms with E-state index in [1.807, 2.05) is 12.1 Å². The Morgan fingerprint density at radius 1 is 1.38 bits per heavy atom. The van der Waals surface area contributed by atoms with Crippen LogP contribution in [0.4, 0.5) is 0 Å². The largest absolute Gasteiger partial charge is 0.355 e. The number of carbonyl (C=O) groups is 1. The molecule has 0 aliphatic carbocycles. The van der Waals surface area contributed by atoms with Gasteiger partial charge in [-0.2, -0.15) is 10.5 Å². The summed E-state index contributed by atoms with van der Waals surface area (Å²) in [7, 11) is 0. The third kappa shape index (κ3) is 0.874. The molecule has 0 spiro atoms. The van der Waals surface area contributed by atoms with Crippen LogP contribution in [0, 0.1) is 33.5 Å². The summed E-state index contributed by atoms with van der Waals surface area (Å²) in [5.41, 5.74) is -2.22. The number of halogens is 1. The van der Waals surface area contributed by atoms with Gasteiger partial charge < -0.3 is 10.6 Å². The molecular weight excluding hydrogens is 228 g/mol. The molecule has 2 atom stereocenters. The zero-order chi connectivity index (χ0) is 12.1. The average Bonchev–Trinajstić information content (AvgIpc) is 2.33. The highest BCUT2D eigenvalue weighted by molar-refractivity contribution is 6.30. The van der Waals surface area contributed by atoms with Crippen LogP contribution in [0.2, 0.25) is 0 Å². The highest BCUT2D eigenvalue weighted by atomic mass is 35.5. The van der Waals surface area contributed by atoms with Gasteiger partial charge in [-0.1, -0.05) is 25.4 Å². The maximum absolute atomic E-state index is 11.9. The summed E-state index contributed by atoms with van der Waals surface area (Å²) in [6, 6.07) is 3.82. The maximum Gasteiger partial charge on any atom is 0.248 e. The Bertz CT molecular complexity index is 496. The smallest absolute Gasteiger partial charge is 0.248 e. The van der Waals surface area contributed by atoms with E-state index in [9.17, 15) is 10.1 Å². The maximum atomic E-state index is 11.9. The van der Waals surface area contributed by atoms with Gasteiger partial charge in [0.25, 0.3) is 0 Å². The van der Waals surface area contributed by atoms with E-state index < -0.39 is 22.9 Å². The molecule has 0 aromatic heterocycles. The van der Waals surface area contributed by atoms with Gasteiger partial charge in [-0.05, 0) is 0 Å². The van der Waals surface area contributed by atoms with E-state index in [0.29, 0.717) is 0 Å². The molecule has 6 heteroatoms. The first-order valence-electron chi connectivity index (χ1n) is 4.71. The number of nitriles is 2. The monoisotopic (exact) mass is 236 g/mol. The number of nitrogens with one attached hydrogen (secondary N) is 2. The van der Waals surface area contributed by atoms with Crippen molar-refractivity contribution in [1.29, 1.82) is 10.5 Å². The van der Waals surface area contributed by atoms with Gasteiger partial charge in [0.1, 0.15) is 17.4 Å². The molecule has 1 amide bonds. The van der Waals surface area contributed by atoms with Crippen molar-refractivity contribution >= 4 is 17.5 Å². The molecule has 2 rings (SSSR count). The summed E-state index contributed by atoms with van der Waals surface area (Å²) in [5, 5.41) is 23.9. The molecule has 0 aromatic rings. The van der Waals surface area contributed by atoms with Crippen LogP contribution in [0.25, 0.3) is 0 Å². The van der Waals surface area contributed by atoms with E-state index in [-0.39, 0.29) is 10.7 Å². The van der Waals surface area contributed by atoms with E-state index >= 15 is 0 Å². The molecule has 16 heavy (non-hydrogen) atoms. The molecule has 2 N–H and O–H groups in total. The molecule has 0 aromatic carbocycles. The number of carbonyl (C=O) groups excluding carboxylic acids is 1. The Kier molecular flexibility index (Phi) is 1.95. The molecule has 1 saturated heterocycles. The Balaban J connectivity index is 2.80. The lowest BCUT2D eigenvalue weighted by atomic mass is 9.62. The molecule has 2 heterocycles. The molecule has 2 unspecified atom stereocenters. The van der Waals surface area contributed by atoms with Crippen LogP contribution in [0.15, 0.2) is 10.7 Å². The number of fused-ring (bicyclic) bond motifs is 2. The predicted octanol–water partition coefficient (Wildman–Crippen LogP) is 0.556. The third-order valence-corrected chi connectivity index (χ3v) is 3.75. The summed E-state index contributed by atoms with van der Waals surface area (Å²) in [4.78, 5) is 11.9. The minimum Gasteiger partial charge on any atom is -0.355 e. The lowest BCUT2D eigenvalue weighted by molar-refractivity contribution is -0.125. The summed E-state index contributed by atoms with van der Waals surface area (Å²) in [6.07, 6.45) is -0.427. The van der Waals surface area contributed by atoms with E-state index in [4.69, 9.17) is 16.9 Å². The van der Waals surface area contributed by atoms with Gasteiger partial charge in [-0.25, -0.2) is 0 Å². The Hall–Kier alpha value is -1.72. The van der Waals surface area contributed by atoms with Crippen molar-refractivity contribution in [2.45, 2.75) is 20.0 Å².